The summed E-state index contributed by atoms with van der Waals surface area (Å²) in [4.78, 5) is 4.40. The van der Waals surface area contributed by atoms with E-state index in [2.05, 4.69) is 15.7 Å². The van der Waals surface area contributed by atoms with Crippen LogP contribution in [0.15, 0.2) is 5.38 Å². The van der Waals surface area contributed by atoms with Crippen LogP contribution in [0.1, 0.15) is 23.5 Å². The van der Waals surface area contributed by atoms with Gasteiger partial charge < -0.3 is 11.1 Å². The molecule has 0 saturated carbocycles. The van der Waals surface area contributed by atoms with Gasteiger partial charge in [-0.3, -0.25) is 0 Å². The van der Waals surface area contributed by atoms with Crippen molar-refractivity contribution in [3.63, 3.8) is 0 Å². The number of hydrogen-bond donors (Lipinski definition) is 2. The van der Waals surface area contributed by atoms with Crippen LogP contribution in [-0.4, -0.2) is 24.6 Å². The van der Waals surface area contributed by atoms with Gasteiger partial charge in [0.15, 0.2) is 0 Å². The molecular formula is C10H19N3S. The van der Waals surface area contributed by atoms with Crippen LogP contribution in [-0.2, 0) is 6.42 Å². The van der Waals surface area contributed by atoms with Gasteiger partial charge in [-0.25, -0.2) is 4.98 Å². The molecule has 80 valence electrons. The summed E-state index contributed by atoms with van der Waals surface area (Å²) in [6.07, 6.45) is 3.33. The summed E-state index contributed by atoms with van der Waals surface area (Å²) in [5.41, 5.74) is 6.53. The Kier molecular flexibility index (Phi) is 5.75. The third-order valence-electron chi connectivity index (χ3n) is 1.99. The van der Waals surface area contributed by atoms with Crippen LogP contribution >= 0.6 is 11.3 Å². The zero-order valence-electron chi connectivity index (χ0n) is 8.75. The summed E-state index contributed by atoms with van der Waals surface area (Å²) in [7, 11) is 0. The maximum Gasteiger partial charge on any atom is 0.0940 e. The first-order chi connectivity index (χ1) is 6.83. The highest BCUT2D eigenvalue weighted by molar-refractivity contribution is 7.09. The Morgan fingerprint density at radius 2 is 2.29 bits per heavy atom. The first-order valence-corrected chi connectivity index (χ1v) is 6.02. The highest BCUT2D eigenvalue weighted by Crippen LogP contribution is 2.08. The zero-order chi connectivity index (χ0) is 10.2. The molecule has 0 fully saturated rings. The largest absolute Gasteiger partial charge is 0.330 e. The Balaban J connectivity index is 1.99. The fourth-order valence-electron chi connectivity index (χ4n) is 1.23. The summed E-state index contributed by atoms with van der Waals surface area (Å²) < 4.78 is 0. The van der Waals surface area contributed by atoms with E-state index in [1.807, 2.05) is 6.92 Å². The number of nitrogens with one attached hydrogen (secondary N) is 1. The summed E-state index contributed by atoms with van der Waals surface area (Å²) in [6, 6.07) is 0. The molecule has 0 unspecified atom stereocenters. The van der Waals surface area contributed by atoms with Gasteiger partial charge in [0.05, 0.1) is 5.01 Å². The number of unbranched alkanes of at least 4 members (excludes halogenated alkanes) is 1. The maximum atomic E-state index is 5.40. The van der Waals surface area contributed by atoms with Gasteiger partial charge >= 0.3 is 0 Å². The molecule has 3 N–H and O–H groups in total. The van der Waals surface area contributed by atoms with E-state index < -0.39 is 0 Å². The van der Waals surface area contributed by atoms with Gasteiger partial charge in [-0.15, -0.1) is 11.3 Å². The number of aryl methyl sites for hydroxylation is 1. The SMILES string of the molecule is Cc1csc(CCNCCCCN)n1. The van der Waals surface area contributed by atoms with Gasteiger partial charge in [0.25, 0.3) is 0 Å². The first kappa shape index (κ1) is 11.6. The van der Waals surface area contributed by atoms with Crippen molar-refractivity contribution in [1.82, 2.24) is 10.3 Å². The number of nitrogens with two attached hydrogens (primary N) is 1. The molecular weight excluding hydrogens is 194 g/mol. The minimum absolute atomic E-state index is 0.799. The van der Waals surface area contributed by atoms with Crippen LogP contribution in [0.2, 0.25) is 0 Å². The van der Waals surface area contributed by atoms with E-state index in [-0.39, 0.29) is 0 Å². The molecule has 0 bridgehead atoms. The van der Waals surface area contributed by atoms with Gasteiger partial charge in [-0.1, -0.05) is 0 Å². The van der Waals surface area contributed by atoms with Crippen LogP contribution in [0.25, 0.3) is 0 Å². The molecule has 14 heavy (non-hydrogen) atoms. The predicted octanol–water partition coefficient (Wildman–Crippen LogP) is 1.32. The lowest BCUT2D eigenvalue weighted by Gasteiger charge is -2.01. The standard InChI is InChI=1S/C10H19N3S/c1-9-8-14-10(13-9)4-7-12-6-3-2-5-11/h8,12H,2-7,11H2,1H3. The quantitative estimate of drug-likeness (QED) is 0.672. The highest BCUT2D eigenvalue weighted by atomic mass is 32.1. The highest BCUT2D eigenvalue weighted by Gasteiger charge is 1.97. The van der Waals surface area contributed by atoms with E-state index in [4.69, 9.17) is 5.73 Å². The third kappa shape index (κ3) is 4.69. The predicted molar refractivity (Wildman–Crippen MR) is 61.7 cm³/mol. The normalized spacial score (nSPS) is 10.7. The Morgan fingerprint density at radius 1 is 1.43 bits per heavy atom. The molecule has 0 aromatic carbocycles. The minimum atomic E-state index is 0.799. The molecule has 0 spiro atoms. The van der Waals surface area contributed by atoms with Crippen molar-refractivity contribution in [2.75, 3.05) is 19.6 Å². The van der Waals surface area contributed by atoms with Gasteiger partial charge in [-0.05, 0) is 32.9 Å². The number of thiazole rings is 1. The molecule has 0 aliphatic heterocycles. The average Bonchev–Trinajstić information content (AvgIpc) is 2.58. The van der Waals surface area contributed by atoms with Gasteiger partial charge in [0.2, 0.25) is 0 Å². The van der Waals surface area contributed by atoms with Crippen LogP contribution in [0.5, 0.6) is 0 Å². The van der Waals surface area contributed by atoms with Crippen molar-refractivity contribution >= 4 is 11.3 Å². The van der Waals surface area contributed by atoms with Gasteiger partial charge in [0, 0.05) is 24.0 Å². The van der Waals surface area contributed by atoms with Gasteiger partial charge in [-0.2, -0.15) is 0 Å². The molecule has 3 nitrogen and oxygen atoms in total. The van der Waals surface area contributed by atoms with E-state index in [1.165, 1.54) is 11.4 Å². The molecule has 0 atom stereocenters. The molecule has 1 aromatic rings. The lowest BCUT2D eigenvalue weighted by Crippen LogP contribution is -2.19. The lowest BCUT2D eigenvalue weighted by atomic mass is 10.3. The monoisotopic (exact) mass is 213 g/mol. The molecule has 0 aliphatic carbocycles. The van der Waals surface area contributed by atoms with Crippen LogP contribution in [0.4, 0.5) is 0 Å². The maximum absolute atomic E-state index is 5.40. The fraction of sp³-hybridized carbons (Fsp3) is 0.700. The van der Waals surface area contributed by atoms with Gasteiger partial charge in [0.1, 0.15) is 0 Å². The van der Waals surface area contributed by atoms with E-state index >= 15 is 0 Å². The molecule has 0 radical (unpaired) electrons. The zero-order valence-corrected chi connectivity index (χ0v) is 9.57. The van der Waals surface area contributed by atoms with Crippen molar-refractivity contribution < 1.29 is 0 Å². The summed E-state index contributed by atoms with van der Waals surface area (Å²) in [5, 5.41) is 6.72. The number of hydrogen-bond acceptors (Lipinski definition) is 4. The van der Waals surface area contributed by atoms with E-state index in [1.54, 1.807) is 11.3 Å². The second-order valence-corrected chi connectivity index (χ2v) is 4.32. The summed E-state index contributed by atoms with van der Waals surface area (Å²) >= 11 is 1.75. The van der Waals surface area contributed by atoms with Crippen molar-refractivity contribution in [2.24, 2.45) is 5.73 Å². The van der Waals surface area contributed by atoms with Crippen molar-refractivity contribution in [2.45, 2.75) is 26.2 Å². The van der Waals surface area contributed by atoms with Crippen LogP contribution in [0, 0.1) is 6.92 Å². The minimum Gasteiger partial charge on any atom is -0.330 e. The molecule has 0 aliphatic rings. The van der Waals surface area contributed by atoms with Crippen molar-refractivity contribution in [3.05, 3.63) is 16.1 Å². The molecule has 1 heterocycles. The van der Waals surface area contributed by atoms with Crippen LogP contribution < -0.4 is 11.1 Å². The Bertz CT molecular complexity index is 247. The topological polar surface area (TPSA) is 50.9 Å². The lowest BCUT2D eigenvalue weighted by molar-refractivity contribution is 0.626. The number of aromatic nitrogens is 1. The summed E-state index contributed by atoms with van der Waals surface area (Å²) in [6.45, 7) is 4.93. The first-order valence-electron chi connectivity index (χ1n) is 5.14. The second-order valence-electron chi connectivity index (χ2n) is 3.38. The fourth-order valence-corrected chi connectivity index (χ4v) is 2.01. The Morgan fingerprint density at radius 3 is 2.93 bits per heavy atom. The van der Waals surface area contributed by atoms with Crippen LogP contribution in [0.3, 0.4) is 0 Å². The van der Waals surface area contributed by atoms with E-state index in [9.17, 15) is 0 Å². The smallest absolute Gasteiger partial charge is 0.0940 e. The third-order valence-corrected chi connectivity index (χ3v) is 3.02. The Hall–Kier alpha value is -0.450. The molecule has 0 saturated heterocycles. The van der Waals surface area contributed by atoms with Crippen molar-refractivity contribution in [3.8, 4) is 0 Å². The Labute approximate surface area is 89.7 Å². The van der Waals surface area contributed by atoms with Crippen molar-refractivity contribution in [1.29, 1.82) is 0 Å². The average molecular weight is 213 g/mol. The summed E-state index contributed by atoms with van der Waals surface area (Å²) in [5.74, 6) is 0. The molecule has 1 aromatic heterocycles. The van der Waals surface area contributed by atoms with E-state index in [0.717, 1.165) is 38.2 Å². The number of nitrogens with zero attached hydrogens (tertiary/aromatic N) is 1. The molecule has 0 amide bonds. The second kappa shape index (κ2) is 6.92. The molecule has 4 heteroatoms. The molecule has 1 rings (SSSR count). The van der Waals surface area contributed by atoms with E-state index in [0.29, 0.717) is 0 Å². The number of rotatable bonds is 7.